The first kappa shape index (κ1) is 16.2. The zero-order chi connectivity index (χ0) is 16.3. The van der Waals surface area contributed by atoms with E-state index in [0.717, 1.165) is 10.2 Å². The Labute approximate surface area is 136 Å². The standard InChI is InChI=1S/C15H16BrN3O3/c1-9(2)13(15(21)22)18-14(20)12-7-19(8-17-12)11-5-3-10(16)4-6-11/h3-9,13H,1-2H3,(H,18,20)(H,21,22)/t13-/m0/s1. The second kappa shape index (κ2) is 6.74. The molecule has 2 rings (SSSR count). The molecule has 0 unspecified atom stereocenters. The average molecular weight is 366 g/mol. The summed E-state index contributed by atoms with van der Waals surface area (Å²) in [7, 11) is 0. The highest BCUT2D eigenvalue weighted by Gasteiger charge is 2.24. The fourth-order valence-corrected chi connectivity index (χ4v) is 2.19. The molecule has 0 aliphatic heterocycles. The maximum Gasteiger partial charge on any atom is 0.326 e. The highest BCUT2D eigenvalue weighted by atomic mass is 79.9. The van der Waals surface area contributed by atoms with Crippen LogP contribution >= 0.6 is 15.9 Å². The Bertz CT molecular complexity index is 680. The Morgan fingerprint density at radius 1 is 1.27 bits per heavy atom. The third-order valence-corrected chi connectivity index (χ3v) is 3.69. The number of imidazole rings is 1. The number of hydrogen-bond acceptors (Lipinski definition) is 3. The van der Waals surface area contributed by atoms with Gasteiger partial charge in [0.1, 0.15) is 18.1 Å². The van der Waals surface area contributed by atoms with Crippen molar-refractivity contribution in [3.63, 3.8) is 0 Å². The molecule has 1 aromatic heterocycles. The molecule has 0 fully saturated rings. The van der Waals surface area contributed by atoms with Crippen LogP contribution in [0.25, 0.3) is 5.69 Å². The Morgan fingerprint density at radius 2 is 1.91 bits per heavy atom. The highest BCUT2D eigenvalue weighted by Crippen LogP contribution is 2.14. The van der Waals surface area contributed by atoms with Crippen LogP contribution in [-0.2, 0) is 4.79 Å². The van der Waals surface area contributed by atoms with E-state index in [1.807, 2.05) is 24.3 Å². The zero-order valence-electron chi connectivity index (χ0n) is 12.2. The molecule has 2 N–H and O–H groups in total. The van der Waals surface area contributed by atoms with E-state index in [1.54, 1.807) is 24.6 Å². The Balaban J connectivity index is 2.15. The molecule has 22 heavy (non-hydrogen) atoms. The van der Waals surface area contributed by atoms with Crippen molar-refractivity contribution in [2.75, 3.05) is 0 Å². The van der Waals surface area contributed by atoms with Crippen molar-refractivity contribution in [2.45, 2.75) is 19.9 Å². The van der Waals surface area contributed by atoms with Gasteiger partial charge in [-0.25, -0.2) is 9.78 Å². The summed E-state index contributed by atoms with van der Waals surface area (Å²) in [5, 5.41) is 11.6. The molecule has 0 aliphatic carbocycles. The van der Waals surface area contributed by atoms with Crippen LogP contribution in [0.15, 0.2) is 41.3 Å². The Hall–Kier alpha value is -2.15. The van der Waals surface area contributed by atoms with Crippen LogP contribution in [0.5, 0.6) is 0 Å². The summed E-state index contributed by atoms with van der Waals surface area (Å²) >= 11 is 3.36. The van der Waals surface area contributed by atoms with Gasteiger partial charge in [-0.1, -0.05) is 29.8 Å². The molecule has 116 valence electrons. The molecular formula is C15H16BrN3O3. The third kappa shape index (κ3) is 3.73. The number of halogens is 1. The molecule has 0 spiro atoms. The molecule has 6 nitrogen and oxygen atoms in total. The summed E-state index contributed by atoms with van der Waals surface area (Å²) in [4.78, 5) is 27.3. The summed E-state index contributed by atoms with van der Waals surface area (Å²) in [6, 6.07) is 6.58. The van der Waals surface area contributed by atoms with Gasteiger partial charge in [0, 0.05) is 16.4 Å². The van der Waals surface area contributed by atoms with Crippen molar-refractivity contribution in [3.8, 4) is 5.69 Å². The van der Waals surface area contributed by atoms with E-state index >= 15 is 0 Å². The van der Waals surface area contributed by atoms with Crippen molar-refractivity contribution < 1.29 is 14.7 Å². The number of carboxylic acid groups (broad SMARTS) is 1. The van der Waals surface area contributed by atoms with Crippen molar-refractivity contribution in [2.24, 2.45) is 5.92 Å². The molecule has 1 amide bonds. The van der Waals surface area contributed by atoms with Crippen LogP contribution in [0.4, 0.5) is 0 Å². The van der Waals surface area contributed by atoms with E-state index in [4.69, 9.17) is 5.11 Å². The van der Waals surface area contributed by atoms with Gasteiger partial charge in [0.15, 0.2) is 0 Å². The van der Waals surface area contributed by atoms with E-state index in [0.29, 0.717) is 0 Å². The second-order valence-electron chi connectivity index (χ2n) is 5.18. The van der Waals surface area contributed by atoms with E-state index in [-0.39, 0.29) is 11.6 Å². The molecule has 7 heteroatoms. The Morgan fingerprint density at radius 3 is 2.45 bits per heavy atom. The number of nitrogens with one attached hydrogen (secondary N) is 1. The molecule has 0 saturated carbocycles. The van der Waals surface area contributed by atoms with Gasteiger partial charge < -0.3 is 15.0 Å². The number of aliphatic carboxylic acids is 1. The van der Waals surface area contributed by atoms with Gasteiger partial charge in [0.25, 0.3) is 5.91 Å². The number of amides is 1. The van der Waals surface area contributed by atoms with Crippen molar-refractivity contribution in [3.05, 3.63) is 47.0 Å². The smallest absolute Gasteiger partial charge is 0.326 e. The molecule has 1 atom stereocenters. The van der Waals surface area contributed by atoms with Crippen LogP contribution in [0.1, 0.15) is 24.3 Å². The first-order valence-electron chi connectivity index (χ1n) is 6.72. The number of aromatic nitrogens is 2. The van der Waals surface area contributed by atoms with Gasteiger partial charge in [-0.2, -0.15) is 0 Å². The van der Waals surface area contributed by atoms with Gasteiger partial charge in [0.2, 0.25) is 0 Å². The topological polar surface area (TPSA) is 84.2 Å². The fourth-order valence-electron chi connectivity index (χ4n) is 1.92. The molecule has 1 heterocycles. The summed E-state index contributed by atoms with van der Waals surface area (Å²) in [6.07, 6.45) is 3.08. The molecule has 0 bridgehead atoms. The van der Waals surface area contributed by atoms with E-state index in [2.05, 4.69) is 26.2 Å². The van der Waals surface area contributed by atoms with Crippen LogP contribution in [0.3, 0.4) is 0 Å². The first-order chi connectivity index (χ1) is 10.4. The third-order valence-electron chi connectivity index (χ3n) is 3.16. The summed E-state index contributed by atoms with van der Waals surface area (Å²) < 4.78 is 2.66. The SMILES string of the molecule is CC(C)[C@H](NC(=O)c1cn(-c2ccc(Br)cc2)cn1)C(=O)O. The number of carbonyl (C=O) groups is 2. The lowest BCUT2D eigenvalue weighted by molar-refractivity contribution is -0.140. The number of nitrogens with zero attached hydrogens (tertiary/aromatic N) is 2. The minimum Gasteiger partial charge on any atom is -0.480 e. The van der Waals surface area contributed by atoms with E-state index in [1.165, 1.54) is 6.33 Å². The largest absolute Gasteiger partial charge is 0.480 e. The highest BCUT2D eigenvalue weighted by molar-refractivity contribution is 9.10. The van der Waals surface area contributed by atoms with Gasteiger partial charge in [-0.3, -0.25) is 4.79 Å². The van der Waals surface area contributed by atoms with Gasteiger partial charge in [0.05, 0.1) is 0 Å². The second-order valence-corrected chi connectivity index (χ2v) is 6.09. The molecule has 0 saturated heterocycles. The van der Waals surface area contributed by atoms with Crippen LogP contribution in [-0.4, -0.2) is 32.6 Å². The molecule has 1 aromatic carbocycles. The summed E-state index contributed by atoms with van der Waals surface area (Å²) in [6.45, 7) is 3.47. The number of carbonyl (C=O) groups excluding carboxylic acids is 1. The molecule has 0 radical (unpaired) electrons. The van der Waals surface area contributed by atoms with E-state index in [9.17, 15) is 9.59 Å². The maximum absolute atomic E-state index is 12.1. The van der Waals surface area contributed by atoms with Gasteiger partial charge >= 0.3 is 5.97 Å². The Kier molecular flexibility index (Phi) is 4.97. The van der Waals surface area contributed by atoms with Crippen molar-refractivity contribution >= 4 is 27.8 Å². The van der Waals surface area contributed by atoms with Gasteiger partial charge in [-0.15, -0.1) is 0 Å². The minimum atomic E-state index is -1.06. The summed E-state index contributed by atoms with van der Waals surface area (Å²) in [5.41, 5.74) is 1.03. The molecule has 0 aliphatic rings. The van der Waals surface area contributed by atoms with Crippen LogP contribution in [0, 0.1) is 5.92 Å². The minimum absolute atomic E-state index is 0.176. The number of hydrogen-bond donors (Lipinski definition) is 2. The lowest BCUT2D eigenvalue weighted by atomic mass is 10.0. The number of carboxylic acids is 1. The predicted octanol–water partition coefficient (Wildman–Crippen LogP) is 2.47. The number of rotatable bonds is 5. The monoisotopic (exact) mass is 365 g/mol. The predicted molar refractivity (Wildman–Crippen MR) is 85.0 cm³/mol. The zero-order valence-corrected chi connectivity index (χ0v) is 13.7. The lowest BCUT2D eigenvalue weighted by Crippen LogP contribution is -2.44. The van der Waals surface area contributed by atoms with Gasteiger partial charge in [-0.05, 0) is 30.2 Å². The van der Waals surface area contributed by atoms with Crippen LogP contribution < -0.4 is 5.32 Å². The maximum atomic E-state index is 12.1. The lowest BCUT2D eigenvalue weighted by Gasteiger charge is -2.16. The average Bonchev–Trinajstić information content (AvgIpc) is 2.94. The van der Waals surface area contributed by atoms with Crippen molar-refractivity contribution in [1.29, 1.82) is 0 Å². The first-order valence-corrected chi connectivity index (χ1v) is 7.51. The van der Waals surface area contributed by atoms with Crippen LogP contribution in [0.2, 0.25) is 0 Å². The number of benzene rings is 1. The quantitative estimate of drug-likeness (QED) is 0.852. The molecular weight excluding hydrogens is 350 g/mol. The van der Waals surface area contributed by atoms with E-state index < -0.39 is 17.9 Å². The molecule has 2 aromatic rings. The fraction of sp³-hybridized carbons (Fsp3) is 0.267. The normalized spacial score (nSPS) is 12.2. The van der Waals surface area contributed by atoms with Crippen molar-refractivity contribution in [1.82, 2.24) is 14.9 Å². The summed E-state index contributed by atoms with van der Waals surface area (Å²) in [5.74, 6) is -1.78.